The maximum absolute atomic E-state index is 11.5. The Bertz CT molecular complexity index is 404. The Morgan fingerprint density at radius 3 is 3.07 bits per heavy atom. The van der Waals surface area contributed by atoms with Crippen molar-refractivity contribution in [1.29, 1.82) is 0 Å². The molecule has 1 N–H and O–H groups in total. The molecule has 1 aliphatic heterocycles. The van der Waals surface area contributed by atoms with Gasteiger partial charge in [-0.2, -0.15) is 0 Å². The fourth-order valence-electron chi connectivity index (χ4n) is 1.83. The summed E-state index contributed by atoms with van der Waals surface area (Å²) >= 11 is 3.50. The summed E-state index contributed by atoms with van der Waals surface area (Å²) in [5.74, 6) is -0.284. The number of rotatable bonds is 1. The van der Waals surface area contributed by atoms with E-state index in [1.165, 1.54) is 12.7 Å². The molecule has 1 aliphatic rings. The number of methoxy groups -OCH3 is 1. The van der Waals surface area contributed by atoms with Gasteiger partial charge in [0.25, 0.3) is 0 Å². The van der Waals surface area contributed by atoms with Crippen LogP contribution in [-0.2, 0) is 11.2 Å². The second-order valence-electron chi connectivity index (χ2n) is 3.47. The van der Waals surface area contributed by atoms with Crippen LogP contribution in [0.25, 0.3) is 0 Å². The van der Waals surface area contributed by atoms with Gasteiger partial charge in [-0.05, 0) is 30.5 Å². The normalized spacial score (nSPS) is 14.0. The fourth-order valence-corrected chi connectivity index (χ4v) is 2.36. The van der Waals surface area contributed by atoms with Crippen molar-refractivity contribution in [1.82, 2.24) is 0 Å². The standard InChI is InChI=1S/C11H12BrNO2/c1-15-11(14)8-4-5-9(12)7-3-2-6-13-10(7)8/h4-5,13H,2-3,6H2,1H3. The zero-order chi connectivity index (χ0) is 10.8. The highest BCUT2D eigenvalue weighted by Crippen LogP contribution is 2.32. The molecule has 2 rings (SSSR count). The maximum Gasteiger partial charge on any atom is 0.339 e. The maximum atomic E-state index is 11.5. The molecule has 0 aliphatic carbocycles. The second-order valence-corrected chi connectivity index (χ2v) is 4.32. The summed E-state index contributed by atoms with van der Waals surface area (Å²) in [6.45, 7) is 0.910. The van der Waals surface area contributed by atoms with Crippen molar-refractivity contribution >= 4 is 27.6 Å². The average molecular weight is 270 g/mol. The third-order valence-corrected chi connectivity index (χ3v) is 3.31. The summed E-state index contributed by atoms with van der Waals surface area (Å²) < 4.78 is 5.80. The first kappa shape index (κ1) is 10.5. The van der Waals surface area contributed by atoms with E-state index in [4.69, 9.17) is 4.74 Å². The predicted molar refractivity (Wildman–Crippen MR) is 62.3 cm³/mol. The van der Waals surface area contributed by atoms with Crippen LogP contribution in [-0.4, -0.2) is 19.6 Å². The minimum absolute atomic E-state index is 0.284. The monoisotopic (exact) mass is 269 g/mol. The van der Waals surface area contributed by atoms with Crippen LogP contribution in [0.15, 0.2) is 16.6 Å². The molecule has 0 amide bonds. The van der Waals surface area contributed by atoms with Gasteiger partial charge in [-0.3, -0.25) is 0 Å². The lowest BCUT2D eigenvalue weighted by atomic mass is 9.99. The number of benzene rings is 1. The summed E-state index contributed by atoms with van der Waals surface area (Å²) in [5, 5.41) is 3.26. The zero-order valence-corrected chi connectivity index (χ0v) is 10.1. The lowest BCUT2D eigenvalue weighted by molar-refractivity contribution is 0.0601. The molecule has 1 aromatic rings. The predicted octanol–water partition coefficient (Wildman–Crippen LogP) is 2.59. The molecule has 0 spiro atoms. The Kier molecular flexibility index (Phi) is 2.95. The second kappa shape index (κ2) is 4.23. The summed E-state index contributed by atoms with van der Waals surface area (Å²) in [5.41, 5.74) is 2.71. The molecule has 1 heterocycles. The zero-order valence-electron chi connectivity index (χ0n) is 8.47. The van der Waals surface area contributed by atoms with E-state index in [0.717, 1.165) is 29.5 Å². The van der Waals surface area contributed by atoms with Gasteiger partial charge in [0.2, 0.25) is 0 Å². The van der Waals surface area contributed by atoms with Crippen LogP contribution in [0, 0.1) is 0 Å². The third kappa shape index (κ3) is 1.86. The molecule has 0 fully saturated rings. The number of nitrogens with one attached hydrogen (secondary N) is 1. The van der Waals surface area contributed by atoms with Crippen LogP contribution in [0.5, 0.6) is 0 Å². The third-order valence-electron chi connectivity index (χ3n) is 2.57. The largest absolute Gasteiger partial charge is 0.465 e. The van der Waals surface area contributed by atoms with Gasteiger partial charge in [0.1, 0.15) is 0 Å². The van der Waals surface area contributed by atoms with Crippen molar-refractivity contribution in [2.24, 2.45) is 0 Å². The highest BCUT2D eigenvalue weighted by atomic mass is 79.9. The highest BCUT2D eigenvalue weighted by molar-refractivity contribution is 9.10. The SMILES string of the molecule is COC(=O)c1ccc(Br)c2c1NCCC2. The number of fused-ring (bicyclic) bond motifs is 1. The lowest BCUT2D eigenvalue weighted by Gasteiger charge is -2.21. The Hall–Kier alpha value is -1.03. The van der Waals surface area contributed by atoms with Crippen LogP contribution in [0.3, 0.4) is 0 Å². The van der Waals surface area contributed by atoms with Gasteiger partial charge >= 0.3 is 5.97 Å². The van der Waals surface area contributed by atoms with Crippen molar-refractivity contribution in [3.05, 3.63) is 27.7 Å². The van der Waals surface area contributed by atoms with Gasteiger partial charge in [-0.1, -0.05) is 15.9 Å². The Balaban J connectivity index is 2.52. The molecule has 0 atom stereocenters. The summed E-state index contributed by atoms with van der Waals surface area (Å²) in [6, 6.07) is 3.69. The van der Waals surface area contributed by atoms with Gasteiger partial charge in [0, 0.05) is 11.0 Å². The molecule has 0 radical (unpaired) electrons. The molecular weight excluding hydrogens is 258 g/mol. The molecule has 15 heavy (non-hydrogen) atoms. The number of esters is 1. The number of hydrogen-bond donors (Lipinski definition) is 1. The van der Waals surface area contributed by atoms with E-state index in [2.05, 4.69) is 21.2 Å². The molecule has 80 valence electrons. The average Bonchev–Trinajstić information content (AvgIpc) is 2.29. The van der Waals surface area contributed by atoms with Crippen LogP contribution < -0.4 is 5.32 Å². The van der Waals surface area contributed by atoms with E-state index < -0.39 is 0 Å². The molecule has 0 unspecified atom stereocenters. The van der Waals surface area contributed by atoms with Crippen molar-refractivity contribution in [3.63, 3.8) is 0 Å². The quantitative estimate of drug-likeness (QED) is 0.797. The van der Waals surface area contributed by atoms with E-state index in [0.29, 0.717) is 5.56 Å². The van der Waals surface area contributed by atoms with Crippen LogP contribution in [0.4, 0.5) is 5.69 Å². The molecule has 3 nitrogen and oxygen atoms in total. The Morgan fingerprint density at radius 2 is 2.33 bits per heavy atom. The Morgan fingerprint density at radius 1 is 1.53 bits per heavy atom. The minimum atomic E-state index is -0.284. The molecule has 0 saturated carbocycles. The number of carbonyl (C=O) groups excluding carboxylic acids is 1. The first-order valence-corrected chi connectivity index (χ1v) is 5.67. The van der Waals surface area contributed by atoms with Crippen LogP contribution in [0.2, 0.25) is 0 Å². The van der Waals surface area contributed by atoms with E-state index in [9.17, 15) is 4.79 Å². The minimum Gasteiger partial charge on any atom is -0.465 e. The van der Waals surface area contributed by atoms with Crippen molar-refractivity contribution in [2.45, 2.75) is 12.8 Å². The van der Waals surface area contributed by atoms with Gasteiger partial charge < -0.3 is 10.1 Å². The molecule has 0 aromatic heterocycles. The van der Waals surface area contributed by atoms with Gasteiger partial charge in [-0.15, -0.1) is 0 Å². The number of hydrogen-bond acceptors (Lipinski definition) is 3. The van der Waals surface area contributed by atoms with Crippen molar-refractivity contribution in [2.75, 3.05) is 19.0 Å². The summed E-state index contributed by atoms with van der Waals surface area (Å²) in [6.07, 6.45) is 2.09. The first-order valence-electron chi connectivity index (χ1n) is 4.87. The number of halogens is 1. The topological polar surface area (TPSA) is 38.3 Å². The van der Waals surface area contributed by atoms with E-state index >= 15 is 0 Å². The van der Waals surface area contributed by atoms with Gasteiger partial charge in [-0.25, -0.2) is 4.79 Å². The van der Waals surface area contributed by atoms with Crippen molar-refractivity contribution in [3.8, 4) is 0 Å². The highest BCUT2D eigenvalue weighted by Gasteiger charge is 2.19. The first-order chi connectivity index (χ1) is 7.24. The van der Waals surface area contributed by atoms with Crippen LogP contribution >= 0.6 is 15.9 Å². The van der Waals surface area contributed by atoms with E-state index in [1.807, 2.05) is 6.07 Å². The molecule has 4 heteroatoms. The smallest absolute Gasteiger partial charge is 0.339 e. The van der Waals surface area contributed by atoms with Crippen LogP contribution in [0.1, 0.15) is 22.3 Å². The molecule has 0 bridgehead atoms. The summed E-state index contributed by atoms with van der Waals surface area (Å²) in [7, 11) is 1.40. The summed E-state index contributed by atoms with van der Waals surface area (Å²) in [4.78, 5) is 11.5. The number of carbonyl (C=O) groups is 1. The molecule has 1 aromatic carbocycles. The molecular formula is C11H12BrNO2. The van der Waals surface area contributed by atoms with Gasteiger partial charge in [0.15, 0.2) is 0 Å². The number of ether oxygens (including phenoxy) is 1. The van der Waals surface area contributed by atoms with Gasteiger partial charge in [0.05, 0.1) is 18.4 Å². The lowest BCUT2D eigenvalue weighted by Crippen LogP contribution is -2.16. The van der Waals surface area contributed by atoms with E-state index in [1.54, 1.807) is 6.07 Å². The Labute approximate surface area is 96.9 Å². The van der Waals surface area contributed by atoms with E-state index in [-0.39, 0.29) is 5.97 Å². The number of anilines is 1. The van der Waals surface area contributed by atoms with Crippen molar-refractivity contribution < 1.29 is 9.53 Å². The fraction of sp³-hybridized carbons (Fsp3) is 0.364. The molecule has 0 saturated heterocycles.